The summed E-state index contributed by atoms with van der Waals surface area (Å²) in [6, 6.07) is 6.37. The van der Waals surface area contributed by atoms with Crippen LogP contribution in [0.5, 0.6) is 0 Å². The van der Waals surface area contributed by atoms with Crippen molar-refractivity contribution in [1.29, 1.82) is 0 Å². The van der Waals surface area contributed by atoms with Gasteiger partial charge in [0.1, 0.15) is 11.4 Å². The van der Waals surface area contributed by atoms with Crippen molar-refractivity contribution in [2.45, 2.75) is 38.8 Å². The third-order valence-electron chi connectivity index (χ3n) is 3.81. The summed E-state index contributed by atoms with van der Waals surface area (Å²) in [5, 5.41) is 5.79. The molecular weight excluding hydrogens is 341 g/mol. The maximum absolute atomic E-state index is 13.0. The number of anilines is 1. The lowest BCUT2D eigenvalue weighted by atomic mass is 10.2. The van der Waals surface area contributed by atoms with Crippen LogP contribution in [-0.4, -0.2) is 35.8 Å². The number of carbonyl (C=O) groups excluding carboxylic acids is 1. The van der Waals surface area contributed by atoms with Crippen molar-refractivity contribution in [2.75, 3.05) is 18.0 Å². The zero-order valence-electron chi connectivity index (χ0n) is 14.6. The lowest BCUT2D eigenvalue weighted by Gasteiger charge is -2.22. The first kappa shape index (κ1) is 17.7. The molecule has 1 aromatic heterocycles. The van der Waals surface area contributed by atoms with Crippen LogP contribution >= 0.6 is 11.3 Å². The average Bonchev–Trinajstić information content (AvgIpc) is 3.15. The van der Waals surface area contributed by atoms with Gasteiger partial charge >= 0.3 is 6.09 Å². The highest BCUT2D eigenvalue weighted by molar-refractivity contribution is 7.14. The fourth-order valence-electron chi connectivity index (χ4n) is 2.69. The zero-order chi connectivity index (χ0) is 18.0. The second kappa shape index (κ2) is 7.00. The monoisotopic (exact) mass is 363 g/mol. The Balaban J connectivity index is 1.59. The predicted molar refractivity (Wildman–Crippen MR) is 97.5 cm³/mol. The standard InChI is InChI=1S/C18H22FN3O2S/c1-18(2,3)24-17(23)20-14-8-9-22(10-14)16-21-15(11-25-16)12-4-6-13(19)7-5-12/h4-7,11,14H,8-10H2,1-3H3,(H,20,23)/t14-/m0/s1. The van der Waals surface area contributed by atoms with E-state index in [0.717, 1.165) is 29.4 Å². The lowest BCUT2D eigenvalue weighted by Crippen LogP contribution is -2.40. The van der Waals surface area contributed by atoms with Crippen molar-refractivity contribution in [1.82, 2.24) is 10.3 Å². The molecule has 2 heterocycles. The van der Waals surface area contributed by atoms with E-state index in [1.54, 1.807) is 23.5 Å². The van der Waals surface area contributed by atoms with Gasteiger partial charge in [0.25, 0.3) is 0 Å². The van der Waals surface area contributed by atoms with E-state index >= 15 is 0 Å². The molecule has 2 aromatic rings. The summed E-state index contributed by atoms with van der Waals surface area (Å²) in [6.45, 7) is 7.08. The number of hydrogen-bond acceptors (Lipinski definition) is 5. The van der Waals surface area contributed by atoms with E-state index in [4.69, 9.17) is 4.74 Å². The Hall–Kier alpha value is -2.15. The zero-order valence-corrected chi connectivity index (χ0v) is 15.4. The molecule has 5 nitrogen and oxygen atoms in total. The molecule has 134 valence electrons. The van der Waals surface area contributed by atoms with E-state index < -0.39 is 5.60 Å². The molecule has 0 aliphatic carbocycles. The Labute approximate surface area is 150 Å². The number of rotatable bonds is 3. The van der Waals surface area contributed by atoms with Crippen molar-refractivity contribution in [2.24, 2.45) is 0 Å². The number of amides is 1. The molecule has 0 bridgehead atoms. The molecule has 1 aliphatic heterocycles. The third kappa shape index (κ3) is 4.69. The van der Waals surface area contributed by atoms with Gasteiger partial charge < -0.3 is 15.0 Å². The maximum Gasteiger partial charge on any atom is 0.407 e. The van der Waals surface area contributed by atoms with E-state index in [-0.39, 0.29) is 18.0 Å². The highest BCUT2D eigenvalue weighted by Crippen LogP contribution is 2.29. The van der Waals surface area contributed by atoms with Gasteiger partial charge in [0.15, 0.2) is 5.13 Å². The molecule has 1 fully saturated rings. The van der Waals surface area contributed by atoms with Gasteiger partial charge in [-0.25, -0.2) is 14.2 Å². The number of ether oxygens (including phenoxy) is 1. The minimum atomic E-state index is -0.498. The van der Waals surface area contributed by atoms with Gasteiger partial charge in [-0.05, 0) is 51.5 Å². The normalized spacial score (nSPS) is 17.6. The Bertz CT molecular complexity index is 740. The molecule has 0 spiro atoms. The van der Waals surface area contributed by atoms with Crippen molar-refractivity contribution in [3.63, 3.8) is 0 Å². The topological polar surface area (TPSA) is 54.5 Å². The molecule has 25 heavy (non-hydrogen) atoms. The number of alkyl carbamates (subject to hydrolysis) is 1. The summed E-state index contributed by atoms with van der Waals surface area (Å²) in [6.07, 6.45) is 0.468. The SMILES string of the molecule is CC(C)(C)OC(=O)N[C@H]1CCN(c2nc(-c3ccc(F)cc3)cs2)C1. The highest BCUT2D eigenvalue weighted by Gasteiger charge is 2.27. The molecule has 1 N–H and O–H groups in total. The van der Waals surface area contributed by atoms with E-state index in [2.05, 4.69) is 15.2 Å². The van der Waals surface area contributed by atoms with Crippen molar-refractivity contribution >= 4 is 22.6 Å². The second-order valence-electron chi connectivity index (χ2n) is 7.10. The van der Waals surface area contributed by atoms with Gasteiger partial charge in [-0.15, -0.1) is 11.3 Å². The van der Waals surface area contributed by atoms with Crippen LogP contribution in [0.4, 0.5) is 14.3 Å². The number of thiazole rings is 1. The lowest BCUT2D eigenvalue weighted by molar-refractivity contribution is 0.0509. The van der Waals surface area contributed by atoms with E-state index in [1.165, 1.54) is 12.1 Å². The summed E-state index contributed by atoms with van der Waals surface area (Å²) in [5.74, 6) is -0.255. The number of halogens is 1. The van der Waals surface area contributed by atoms with Crippen molar-refractivity contribution in [3.8, 4) is 11.3 Å². The minimum Gasteiger partial charge on any atom is -0.444 e. The number of carbonyl (C=O) groups is 1. The smallest absolute Gasteiger partial charge is 0.407 e. The fourth-order valence-corrected chi connectivity index (χ4v) is 3.56. The quantitative estimate of drug-likeness (QED) is 0.894. The van der Waals surface area contributed by atoms with Gasteiger partial charge in [-0.1, -0.05) is 0 Å². The van der Waals surface area contributed by atoms with E-state index in [9.17, 15) is 9.18 Å². The van der Waals surface area contributed by atoms with Crippen LogP contribution in [0.3, 0.4) is 0 Å². The Morgan fingerprint density at radius 3 is 2.76 bits per heavy atom. The summed E-state index contributed by atoms with van der Waals surface area (Å²) >= 11 is 1.55. The number of nitrogens with zero attached hydrogens (tertiary/aromatic N) is 2. The third-order valence-corrected chi connectivity index (χ3v) is 4.71. The van der Waals surface area contributed by atoms with Crippen molar-refractivity contribution < 1.29 is 13.9 Å². The van der Waals surface area contributed by atoms with Gasteiger partial charge in [-0.3, -0.25) is 0 Å². The van der Waals surface area contributed by atoms with Crippen LogP contribution in [0.2, 0.25) is 0 Å². The van der Waals surface area contributed by atoms with Gasteiger partial charge in [0, 0.05) is 24.0 Å². The predicted octanol–water partition coefficient (Wildman–Crippen LogP) is 4.05. The fraction of sp³-hybridized carbons (Fsp3) is 0.444. The summed E-state index contributed by atoms with van der Waals surface area (Å²) in [4.78, 5) is 18.7. The first-order valence-corrected chi connectivity index (χ1v) is 9.14. The van der Waals surface area contributed by atoms with Crippen LogP contribution in [0.1, 0.15) is 27.2 Å². The first-order chi connectivity index (χ1) is 11.8. The number of benzene rings is 1. The number of hydrogen-bond donors (Lipinski definition) is 1. The molecule has 0 radical (unpaired) electrons. The van der Waals surface area contributed by atoms with E-state index in [1.807, 2.05) is 26.2 Å². The summed E-state index contributed by atoms with van der Waals surface area (Å²) < 4.78 is 18.3. The molecule has 1 aromatic carbocycles. The number of aromatic nitrogens is 1. The van der Waals surface area contributed by atoms with Crippen LogP contribution in [0.15, 0.2) is 29.6 Å². The van der Waals surface area contributed by atoms with Gasteiger partial charge in [0.2, 0.25) is 0 Å². The average molecular weight is 363 g/mol. The van der Waals surface area contributed by atoms with E-state index in [0.29, 0.717) is 6.54 Å². The van der Waals surface area contributed by atoms with Crippen LogP contribution in [-0.2, 0) is 4.74 Å². The Morgan fingerprint density at radius 2 is 2.08 bits per heavy atom. The van der Waals surface area contributed by atoms with Gasteiger partial charge in [-0.2, -0.15) is 0 Å². The second-order valence-corrected chi connectivity index (χ2v) is 7.94. The number of nitrogens with one attached hydrogen (secondary N) is 1. The largest absolute Gasteiger partial charge is 0.444 e. The van der Waals surface area contributed by atoms with Crippen LogP contribution < -0.4 is 10.2 Å². The molecule has 3 rings (SSSR count). The highest BCUT2D eigenvalue weighted by atomic mass is 32.1. The summed E-state index contributed by atoms with van der Waals surface area (Å²) in [7, 11) is 0. The van der Waals surface area contributed by atoms with Gasteiger partial charge in [0.05, 0.1) is 11.7 Å². The Kier molecular flexibility index (Phi) is 4.94. The maximum atomic E-state index is 13.0. The molecular formula is C18H22FN3O2S. The minimum absolute atomic E-state index is 0.0491. The van der Waals surface area contributed by atoms with Crippen molar-refractivity contribution in [3.05, 3.63) is 35.5 Å². The van der Waals surface area contributed by atoms with Crippen LogP contribution in [0.25, 0.3) is 11.3 Å². The molecule has 0 unspecified atom stereocenters. The molecule has 1 atom stereocenters. The summed E-state index contributed by atoms with van der Waals surface area (Å²) in [5.41, 5.74) is 1.23. The molecule has 1 aliphatic rings. The molecule has 7 heteroatoms. The molecule has 1 amide bonds. The Morgan fingerprint density at radius 1 is 1.36 bits per heavy atom. The molecule has 1 saturated heterocycles. The molecule has 0 saturated carbocycles. The van der Waals surface area contributed by atoms with Crippen LogP contribution in [0, 0.1) is 5.82 Å². The first-order valence-electron chi connectivity index (χ1n) is 8.26.